The van der Waals surface area contributed by atoms with Crippen molar-refractivity contribution in [2.75, 3.05) is 43.8 Å². The predicted molar refractivity (Wildman–Crippen MR) is 122 cm³/mol. The van der Waals surface area contributed by atoms with Crippen molar-refractivity contribution in [3.63, 3.8) is 0 Å². The number of carbonyl (C=O) groups is 2. The molecule has 0 radical (unpaired) electrons. The maximum Gasteiger partial charge on any atom is 0.340 e. The number of piperazine rings is 1. The van der Waals surface area contributed by atoms with Crippen molar-refractivity contribution in [3.8, 4) is 0 Å². The fourth-order valence-electron chi connectivity index (χ4n) is 3.28. The molecule has 1 aliphatic heterocycles. The molecule has 1 N–H and O–H groups in total. The van der Waals surface area contributed by atoms with Gasteiger partial charge in [0, 0.05) is 26.2 Å². The summed E-state index contributed by atoms with van der Waals surface area (Å²) in [5.41, 5.74) is 0.978. The second kappa shape index (κ2) is 9.89. The van der Waals surface area contributed by atoms with Crippen LogP contribution in [0.5, 0.6) is 0 Å². The van der Waals surface area contributed by atoms with Crippen molar-refractivity contribution in [1.29, 1.82) is 0 Å². The van der Waals surface area contributed by atoms with Gasteiger partial charge < -0.3 is 9.64 Å². The van der Waals surface area contributed by atoms with E-state index < -0.39 is 38.5 Å². The average molecular weight is 496 g/mol. The summed E-state index contributed by atoms with van der Waals surface area (Å²) < 4.78 is 57.2. The van der Waals surface area contributed by atoms with Gasteiger partial charge >= 0.3 is 5.97 Å². The molecule has 1 fully saturated rings. The molecule has 1 aliphatic rings. The molecule has 0 saturated carbocycles. The van der Waals surface area contributed by atoms with Gasteiger partial charge in [-0.25, -0.2) is 21.6 Å². The number of carbonyl (C=O) groups excluding carboxylic acids is 2. The molecule has 3 rings (SSSR count). The quantitative estimate of drug-likeness (QED) is 0.568. The number of esters is 1. The summed E-state index contributed by atoms with van der Waals surface area (Å²) in [5.74, 6) is -1.32. The maximum atomic E-state index is 12.8. The van der Waals surface area contributed by atoms with Crippen LogP contribution in [0.2, 0.25) is 0 Å². The SMILES string of the molecule is Cc1ccc(S(=O)(=O)N2CCN(C(=O)COC(=O)c3ccccc3NS(C)(=O)=O)CC2)cc1. The van der Waals surface area contributed by atoms with Crippen LogP contribution >= 0.6 is 0 Å². The average Bonchev–Trinajstić information content (AvgIpc) is 2.77. The number of amides is 1. The normalized spacial score (nSPS) is 15.2. The van der Waals surface area contributed by atoms with E-state index in [0.717, 1.165) is 11.8 Å². The zero-order valence-electron chi connectivity index (χ0n) is 18.2. The van der Waals surface area contributed by atoms with Gasteiger partial charge in [0.2, 0.25) is 20.0 Å². The second-order valence-corrected chi connectivity index (χ2v) is 11.3. The lowest BCUT2D eigenvalue weighted by molar-refractivity contribution is -0.135. The van der Waals surface area contributed by atoms with E-state index in [9.17, 15) is 26.4 Å². The predicted octanol–water partition coefficient (Wildman–Crippen LogP) is 1.06. The largest absolute Gasteiger partial charge is 0.452 e. The first kappa shape index (κ1) is 24.7. The molecule has 0 unspecified atom stereocenters. The first-order valence-corrected chi connectivity index (χ1v) is 13.4. The van der Waals surface area contributed by atoms with Crippen LogP contribution in [0.3, 0.4) is 0 Å². The molecule has 2 aromatic carbocycles. The van der Waals surface area contributed by atoms with Crippen LogP contribution in [-0.4, -0.2) is 77.0 Å². The van der Waals surface area contributed by atoms with E-state index in [-0.39, 0.29) is 42.3 Å². The lowest BCUT2D eigenvalue weighted by Gasteiger charge is -2.33. The Kier molecular flexibility index (Phi) is 7.40. The van der Waals surface area contributed by atoms with Gasteiger partial charge in [0.1, 0.15) is 0 Å². The maximum absolute atomic E-state index is 12.8. The third-order valence-corrected chi connectivity index (χ3v) is 7.52. The molecule has 0 spiro atoms. The minimum atomic E-state index is -3.66. The Hall–Kier alpha value is -2.96. The first-order valence-electron chi connectivity index (χ1n) is 10.1. The number of rotatable bonds is 7. The molecule has 2 aromatic rings. The molecular weight excluding hydrogens is 470 g/mol. The van der Waals surface area contributed by atoms with Gasteiger partial charge in [0.05, 0.1) is 22.4 Å². The molecule has 1 saturated heterocycles. The molecule has 1 heterocycles. The molecule has 0 aromatic heterocycles. The van der Waals surface area contributed by atoms with Gasteiger partial charge in [-0.2, -0.15) is 4.31 Å². The van der Waals surface area contributed by atoms with E-state index in [4.69, 9.17) is 4.74 Å². The van der Waals surface area contributed by atoms with E-state index in [2.05, 4.69) is 4.72 Å². The van der Waals surface area contributed by atoms with Gasteiger partial charge in [-0.1, -0.05) is 29.8 Å². The highest BCUT2D eigenvalue weighted by Gasteiger charge is 2.30. The Morgan fingerprint density at radius 2 is 1.55 bits per heavy atom. The Morgan fingerprint density at radius 3 is 2.15 bits per heavy atom. The summed E-state index contributed by atoms with van der Waals surface area (Å²) in [4.78, 5) is 26.5. The molecular formula is C21H25N3O7S2. The number of benzene rings is 2. The van der Waals surface area contributed by atoms with E-state index >= 15 is 0 Å². The minimum Gasteiger partial charge on any atom is -0.452 e. The molecule has 1 amide bonds. The zero-order valence-corrected chi connectivity index (χ0v) is 19.9. The van der Waals surface area contributed by atoms with E-state index in [1.165, 1.54) is 21.3 Å². The number of sulfonamides is 2. The van der Waals surface area contributed by atoms with Crippen LogP contribution in [0.1, 0.15) is 15.9 Å². The number of ether oxygens (including phenoxy) is 1. The zero-order chi connectivity index (χ0) is 24.2. The molecule has 0 atom stereocenters. The molecule has 0 bridgehead atoms. The molecule has 178 valence electrons. The standard InChI is InChI=1S/C21H25N3O7S2/c1-16-7-9-17(10-8-16)33(29,30)24-13-11-23(12-14-24)20(25)15-31-21(26)18-5-3-4-6-19(18)22-32(2,27)28/h3-10,22H,11-15H2,1-2H3. The fraction of sp³-hybridized carbons (Fsp3) is 0.333. The number of aryl methyl sites for hydroxylation is 1. The van der Waals surface area contributed by atoms with Crippen LogP contribution in [0, 0.1) is 6.92 Å². The number of nitrogens with zero attached hydrogens (tertiary/aromatic N) is 2. The lowest BCUT2D eigenvalue weighted by Crippen LogP contribution is -2.51. The summed E-state index contributed by atoms with van der Waals surface area (Å²) in [7, 11) is -7.26. The van der Waals surface area contributed by atoms with Crippen molar-refractivity contribution in [3.05, 3.63) is 59.7 Å². The van der Waals surface area contributed by atoms with E-state index in [1.54, 1.807) is 36.4 Å². The van der Waals surface area contributed by atoms with Crippen molar-refractivity contribution < 1.29 is 31.2 Å². The van der Waals surface area contributed by atoms with Crippen LogP contribution < -0.4 is 4.72 Å². The summed E-state index contributed by atoms with van der Waals surface area (Å²) >= 11 is 0. The van der Waals surface area contributed by atoms with E-state index in [1.807, 2.05) is 6.92 Å². The van der Waals surface area contributed by atoms with Gasteiger partial charge in [-0.05, 0) is 31.2 Å². The highest BCUT2D eigenvalue weighted by molar-refractivity contribution is 7.92. The number of hydrogen-bond acceptors (Lipinski definition) is 7. The van der Waals surface area contributed by atoms with Crippen molar-refractivity contribution in [2.24, 2.45) is 0 Å². The van der Waals surface area contributed by atoms with Crippen LogP contribution in [-0.2, 0) is 29.6 Å². The molecule has 33 heavy (non-hydrogen) atoms. The number of hydrogen-bond donors (Lipinski definition) is 1. The highest BCUT2D eigenvalue weighted by Crippen LogP contribution is 2.19. The highest BCUT2D eigenvalue weighted by atomic mass is 32.2. The Balaban J connectivity index is 1.56. The second-order valence-electron chi connectivity index (χ2n) is 7.59. The summed E-state index contributed by atoms with van der Waals surface area (Å²) in [5, 5.41) is 0. The summed E-state index contributed by atoms with van der Waals surface area (Å²) in [6, 6.07) is 12.5. The molecule has 12 heteroatoms. The van der Waals surface area contributed by atoms with Gasteiger partial charge in [-0.3, -0.25) is 9.52 Å². The Morgan fingerprint density at radius 1 is 0.939 bits per heavy atom. The monoisotopic (exact) mass is 495 g/mol. The summed E-state index contributed by atoms with van der Waals surface area (Å²) in [6.07, 6.45) is 0.956. The molecule has 0 aliphatic carbocycles. The third kappa shape index (κ3) is 6.30. The minimum absolute atomic E-state index is 0.0234. The number of nitrogens with one attached hydrogen (secondary N) is 1. The van der Waals surface area contributed by atoms with Crippen LogP contribution in [0.25, 0.3) is 0 Å². The van der Waals surface area contributed by atoms with Crippen molar-refractivity contribution in [1.82, 2.24) is 9.21 Å². The smallest absolute Gasteiger partial charge is 0.340 e. The van der Waals surface area contributed by atoms with Crippen LogP contribution in [0.4, 0.5) is 5.69 Å². The summed E-state index contributed by atoms with van der Waals surface area (Å²) in [6.45, 7) is 1.89. The van der Waals surface area contributed by atoms with Gasteiger partial charge in [-0.15, -0.1) is 0 Å². The topological polar surface area (TPSA) is 130 Å². The third-order valence-electron chi connectivity index (χ3n) is 5.02. The van der Waals surface area contributed by atoms with Gasteiger partial charge in [0.25, 0.3) is 5.91 Å². The van der Waals surface area contributed by atoms with Crippen LogP contribution in [0.15, 0.2) is 53.4 Å². The van der Waals surface area contributed by atoms with Crippen molar-refractivity contribution >= 4 is 37.6 Å². The number of para-hydroxylation sites is 1. The lowest BCUT2D eigenvalue weighted by atomic mass is 10.2. The first-order chi connectivity index (χ1) is 15.5. The van der Waals surface area contributed by atoms with Gasteiger partial charge in [0.15, 0.2) is 6.61 Å². The number of anilines is 1. The fourth-order valence-corrected chi connectivity index (χ4v) is 5.28. The van der Waals surface area contributed by atoms with Crippen molar-refractivity contribution in [2.45, 2.75) is 11.8 Å². The Labute approximate surface area is 193 Å². The molecule has 10 nitrogen and oxygen atoms in total. The van der Waals surface area contributed by atoms with E-state index in [0.29, 0.717) is 0 Å². The Bertz CT molecular complexity index is 1230.